The fourth-order valence-electron chi connectivity index (χ4n) is 2.20. The maximum atomic E-state index is 11.9. The van der Waals surface area contributed by atoms with Crippen LogP contribution in [0.15, 0.2) is 9.93 Å². The number of rotatable bonds is 6. The minimum absolute atomic E-state index is 0.0677. The Kier molecular flexibility index (Phi) is 4.64. The molecule has 20 heavy (non-hydrogen) atoms. The second-order valence-electron chi connectivity index (χ2n) is 4.50. The summed E-state index contributed by atoms with van der Waals surface area (Å²) in [7, 11) is 0. The second kappa shape index (κ2) is 6.09. The monoisotopic (exact) mass is 316 g/mol. The summed E-state index contributed by atoms with van der Waals surface area (Å²) in [6.45, 7) is 3.85. The zero-order chi connectivity index (χ0) is 14.9. The molecular formula is C12H16N2O4S2. The fraction of sp³-hybridized carbons (Fsp3) is 0.583. The van der Waals surface area contributed by atoms with Gasteiger partial charge in [-0.2, -0.15) is 0 Å². The van der Waals surface area contributed by atoms with Crippen molar-refractivity contribution in [3.05, 3.63) is 9.93 Å². The van der Waals surface area contributed by atoms with E-state index in [1.807, 2.05) is 6.92 Å². The van der Waals surface area contributed by atoms with Crippen LogP contribution in [0.2, 0.25) is 0 Å². The first kappa shape index (κ1) is 15.2. The number of aliphatic carboxylic acids is 1. The van der Waals surface area contributed by atoms with Gasteiger partial charge in [0.1, 0.15) is 0 Å². The highest BCUT2D eigenvalue weighted by Gasteiger charge is 2.55. The van der Waals surface area contributed by atoms with E-state index < -0.39 is 5.97 Å². The van der Waals surface area contributed by atoms with E-state index in [-0.39, 0.29) is 28.8 Å². The average Bonchev–Trinajstić information content (AvgIpc) is 2.70. The molecule has 0 bridgehead atoms. The molecule has 2 heterocycles. The number of fused-ring (bicyclic) bond motifs is 1. The molecule has 6 nitrogen and oxygen atoms in total. The van der Waals surface area contributed by atoms with E-state index in [4.69, 9.17) is 0 Å². The highest BCUT2D eigenvalue weighted by molar-refractivity contribution is 8.22. The molecule has 2 aliphatic rings. The van der Waals surface area contributed by atoms with E-state index in [2.05, 4.69) is 5.32 Å². The highest BCUT2D eigenvalue weighted by atomic mass is 32.2. The van der Waals surface area contributed by atoms with Crippen LogP contribution in [0.4, 0.5) is 0 Å². The van der Waals surface area contributed by atoms with E-state index in [1.165, 1.54) is 35.3 Å². The Bertz CT molecular complexity index is 492. The quantitative estimate of drug-likeness (QED) is 0.563. The van der Waals surface area contributed by atoms with Crippen LogP contribution in [0.3, 0.4) is 0 Å². The first-order chi connectivity index (χ1) is 9.47. The van der Waals surface area contributed by atoms with Crippen LogP contribution in [0.25, 0.3) is 0 Å². The van der Waals surface area contributed by atoms with Gasteiger partial charge >= 0.3 is 5.97 Å². The third-order valence-electron chi connectivity index (χ3n) is 3.17. The molecule has 1 fully saturated rings. The molecule has 2 aliphatic heterocycles. The van der Waals surface area contributed by atoms with E-state index in [1.54, 1.807) is 0 Å². The van der Waals surface area contributed by atoms with Gasteiger partial charge in [0.25, 0.3) is 0 Å². The molecule has 1 saturated heterocycles. The third kappa shape index (κ3) is 2.67. The maximum absolute atomic E-state index is 11.9. The standard InChI is InChI=1S/C12H16N2O4S2/c1-3-7-9(16)14-8(11(17)18)12(20-10(7)14)19-5-4-13-6(2)15/h7,10H,3-5H2,1-2H3,(H,13,15)(H,17,18)/t7?,10-/m1/s1. The zero-order valence-electron chi connectivity index (χ0n) is 11.2. The number of carbonyl (C=O) groups excluding carboxylic acids is 2. The summed E-state index contributed by atoms with van der Waals surface area (Å²) < 4.78 is 0.664. The summed E-state index contributed by atoms with van der Waals surface area (Å²) in [4.78, 5) is 35.4. The van der Waals surface area contributed by atoms with Gasteiger partial charge in [-0.15, -0.1) is 11.8 Å². The van der Waals surface area contributed by atoms with Gasteiger partial charge in [0.15, 0.2) is 5.70 Å². The molecule has 2 rings (SSSR count). The average molecular weight is 316 g/mol. The predicted octanol–water partition coefficient (Wildman–Crippen LogP) is 1.05. The lowest BCUT2D eigenvalue weighted by molar-refractivity contribution is -0.151. The second-order valence-corrected chi connectivity index (χ2v) is 6.99. The van der Waals surface area contributed by atoms with Gasteiger partial charge in [-0.25, -0.2) is 4.79 Å². The number of nitrogens with one attached hydrogen (secondary N) is 1. The summed E-state index contributed by atoms with van der Waals surface area (Å²) in [5, 5.41) is 11.9. The number of carboxylic acids is 1. The fourth-order valence-corrected chi connectivity index (χ4v) is 5.03. The molecule has 2 N–H and O–H groups in total. The summed E-state index contributed by atoms with van der Waals surface area (Å²) in [5.41, 5.74) is 0.0996. The van der Waals surface area contributed by atoms with Crippen LogP contribution >= 0.6 is 23.5 Å². The number of hydrogen-bond acceptors (Lipinski definition) is 5. The van der Waals surface area contributed by atoms with E-state index in [0.29, 0.717) is 16.5 Å². The van der Waals surface area contributed by atoms with Crippen molar-refractivity contribution in [3.63, 3.8) is 0 Å². The van der Waals surface area contributed by atoms with Crippen LogP contribution in [0.5, 0.6) is 0 Å². The minimum atomic E-state index is -1.06. The lowest BCUT2D eigenvalue weighted by atomic mass is 9.95. The number of carboxylic acid groups (broad SMARTS) is 1. The minimum Gasteiger partial charge on any atom is -0.477 e. The van der Waals surface area contributed by atoms with Gasteiger partial charge < -0.3 is 10.4 Å². The topological polar surface area (TPSA) is 86.7 Å². The van der Waals surface area contributed by atoms with E-state index >= 15 is 0 Å². The van der Waals surface area contributed by atoms with Crippen molar-refractivity contribution in [2.24, 2.45) is 5.92 Å². The van der Waals surface area contributed by atoms with Crippen molar-refractivity contribution in [3.8, 4) is 0 Å². The molecule has 0 aromatic carbocycles. The van der Waals surface area contributed by atoms with E-state index in [0.717, 1.165) is 6.42 Å². The number of carbonyl (C=O) groups is 3. The molecule has 0 aromatic rings. The number of β-lactam (4-membered cyclic amide) rings is 1. The number of thioether (sulfide) groups is 2. The molecular weight excluding hydrogens is 300 g/mol. The SMILES string of the molecule is CCC1C(=O)N2C(C(=O)O)=C(SCCNC(C)=O)S[C@H]12. The molecule has 1 unspecified atom stereocenters. The van der Waals surface area contributed by atoms with Gasteiger partial charge in [0.05, 0.1) is 15.5 Å². The summed E-state index contributed by atoms with van der Waals surface area (Å²) in [6.07, 6.45) is 0.726. The molecule has 0 aliphatic carbocycles. The number of nitrogens with zero attached hydrogens (tertiary/aromatic N) is 1. The molecule has 2 amide bonds. The molecule has 0 saturated carbocycles. The van der Waals surface area contributed by atoms with Gasteiger partial charge in [0.2, 0.25) is 11.8 Å². The Morgan fingerprint density at radius 1 is 1.50 bits per heavy atom. The molecule has 0 spiro atoms. The normalized spacial score (nSPS) is 24.5. The lowest BCUT2D eigenvalue weighted by Crippen LogP contribution is -2.56. The van der Waals surface area contributed by atoms with Crippen LogP contribution in [0, 0.1) is 5.92 Å². The number of hydrogen-bond donors (Lipinski definition) is 2. The molecule has 0 aromatic heterocycles. The van der Waals surface area contributed by atoms with Crippen molar-refractivity contribution in [1.82, 2.24) is 10.2 Å². The predicted molar refractivity (Wildman–Crippen MR) is 77.8 cm³/mol. The van der Waals surface area contributed by atoms with Crippen LogP contribution in [-0.2, 0) is 14.4 Å². The molecule has 0 radical (unpaired) electrons. The Morgan fingerprint density at radius 3 is 2.75 bits per heavy atom. The van der Waals surface area contributed by atoms with Crippen molar-refractivity contribution in [1.29, 1.82) is 0 Å². The highest BCUT2D eigenvalue weighted by Crippen LogP contribution is 2.53. The zero-order valence-corrected chi connectivity index (χ0v) is 12.8. The summed E-state index contributed by atoms with van der Waals surface area (Å²) >= 11 is 2.82. The maximum Gasteiger partial charge on any atom is 0.354 e. The Labute approximate surface area is 125 Å². The van der Waals surface area contributed by atoms with Crippen molar-refractivity contribution < 1.29 is 19.5 Å². The lowest BCUT2D eigenvalue weighted by Gasteiger charge is -2.41. The van der Waals surface area contributed by atoms with Gasteiger partial charge in [-0.05, 0) is 6.42 Å². The van der Waals surface area contributed by atoms with Crippen LogP contribution in [-0.4, -0.2) is 45.5 Å². The van der Waals surface area contributed by atoms with Gasteiger partial charge in [-0.1, -0.05) is 18.7 Å². The summed E-state index contributed by atoms with van der Waals surface area (Å²) in [5.74, 6) is -0.765. The van der Waals surface area contributed by atoms with Crippen molar-refractivity contribution in [2.75, 3.05) is 12.3 Å². The summed E-state index contributed by atoms with van der Waals surface area (Å²) in [6, 6.07) is 0. The van der Waals surface area contributed by atoms with E-state index in [9.17, 15) is 19.5 Å². The molecule has 110 valence electrons. The van der Waals surface area contributed by atoms with Crippen molar-refractivity contribution >= 4 is 41.3 Å². The Balaban J connectivity index is 2.02. The third-order valence-corrected chi connectivity index (χ3v) is 5.86. The van der Waals surface area contributed by atoms with Crippen LogP contribution in [0.1, 0.15) is 20.3 Å². The largest absolute Gasteiger partial charge is 0.477 e. The first-order valence-electron chi connectivity index (χ1n) is 6.31. The Hall–Kier alpha value is -1.15. The first-order valence-corrected chi connectivity index (χ1v) is 8.18. The Morgan fingerprint density at radius 2 is 2.20 bits per heavy atom. The molecule has 8 heteroatoms. The molecule has 2 atom stereocenters. The van der Waals surface area contributed by atoms with Gasteiger partial charge in [-0.3, -0.25) is 14.5 Å². The van der Waals surface area contributed by atoms with Crippen molar-refractivity contribution in [2.45, 2.75) is 25.6 Å². The smallest absolute Gasteiger partial charge is 0.354 e. The van der Waals surface area contributed by atoms with Gasteiger partial charge in [0, 0.05) is 19.2 Å². The number of amides is 2. The van der Waals surface area contributed by atoms with Crippen LogP contribution < -0.4 is 5.32 Å².